The number of carbonyl (C=O) groups excluding carboxylic acids is 5. The van der Waals surface area contributed by atoms with Gasteiger partial charge in [-0.1, -0.05) is 43.4 Å². The zero-order valence-corrected chi connectivity index (χ0v) is 28.8. The Hall–Kier alpha value is -4.63. The third-order valence-electron chi connectivity index (χ3n) is 8.41. The van der Waals surface area contributed by atoms with Gasteiger partial charge in [-0.05, 0) is 44.0 Å². The molecule has 2 heterocycles. The van der Waals surface area contributed by atoms with E-state index in [0.29, 0.717) is 61.1 Å². The second kappa shape index (κ2) is 17.2. The summed E-state index contributed by atoms with van der Waals surface area (Å²) in [5, 5.41) is 8.32. The van der Waals surface area contributed by atoms with Crippen molar-refractivity contribution in [3.63, 3.8) is 0 Å². The lowest BCUT2D eigenvalue weighted by molar-refractivity contribution is -0.131. The number of benzene rings is 2. The largest absolute Gasteiger partial charge is 0.442 e. The van der Waals surface area contributed by atoms with E-state index in [-0.39, 0.29) is 43.5 Å². The van der Waals surface area contributed by atoms with Gasteiger partial charge in [-0.2, -0.15) is 0 Å². The van der Waals surface area contributed by atoms with Crippen molar-refractivity contribution in [3.05, 3.63) is 59.4 Å². The molecule has 4 amide bonds. The van der Waals surface area contributed by atoms with Crippen LogP contribution in [0.15, 0.2) is 42.5 Å². The van der Waals surface area contributed by atoms with Crippen LogP contribution in [-0.4, -0.2) is 96.9 Å². The van der Waals surface area contributed by atoms with Crippen molar-refractivity contribution in [3.8, 4) is 0 Å². The van der Waals surface area contributed by atoms with Crippen molar-refractivity contribution < 1.29 is 33.1 Å². The molecule has 2 fully saturated rings. The third-order valence-corrected chi connectivity index (χ3v) is 8.85. The monoisotopic (exact) mass is 697 g/mol. The van der Waals surface area contributed by atoms with E-state index in [9.17, 15) is 24.0 Å². The number of amides is 4. The number of piperazine rings is 1. The number of anilines is 2. The molecule has 0 spiro atoms. The van der Waals surface area contributed by atoms with Crippen LogP contribution in [0.2, 0.25) is 0 Å². The van der Waals surface area contributed by atoms with Crippen LogP contribution in [0.5, 0.6) is 0 Å². The predicted molar refractivity (Wildman–Crippen MR) is 187 cm³/mol. The highest BCUT2D eigenvalue weighted by Gasteiger charge is 2.33. The Morgan fingerprint density at radius 1 is 1.00 bits per heavy atom. The highest BCUT2D eigenvalue weighted by Crippen LogP contribution is 2.28. The average Bonchev–Trinajstić information content (AvgIpc) is 3.48. The van der Waals surface area contributed by atoms with Crippen molar-refractivity contribution in [1.82, 2.24) is 20.9 Å². The van der Waals surface area contributed by atoms with Gasteiger partial charge in [0.25, 0.3) is 0 Å². The first-order valence-corrected chi connectivity index (χ1v) is 16.8. The minimum Gasteiger partial charge on any atom is -0.442 e. The van der Waals surface area contributed by atoms with Crippen LogP contribution in [0.1, 0.15) is 56.0 Å². The Bertz CT molecular complexity index is 1550. The molecule has 0 bridgehead atoms. The zero-order valence-electron chi connectivity index (χ0n) is 28.0. The van der Waals surface area contributed by atoms with E-state index in [2.05, 4.69) is 16.0 Å². The quantitative estimate of drug-likeness (QED) is 0.170. The molecule has 2 aliphatic heterocycles. The van der Waals surface area contributed by atoms with Crippen LogP contribution in [-0.2, 0) is 25.7 Å². The predicted octanol–water partition coefficient (Wildman–Crippen LogP) is 2.26. The number of nitrogens with two attached hydrogens (primary N) is 1. The van der Waals surface area contributed by atoms with Crippen LogP contribution in [0.3, 0.4) is 0 Å². The first kappa shape index (κ1) is 37.2. The molecule has 2 aromatic carbocycles. The zero-order chi connectivity index (χ0) is 35.7. The van der Waals surface area contributed by atoms with E-state index in [1.165, 1.54) is 17.9 Å². The van der Waals surface area contributed by atoms with Crippen molar-refractivity contribution in [1.29, 1.82) is 0 Å². The maximum absolute atomic E-state index is 15.2. The summed E-state index contributed by atoms with van der Waals surface area (Å²) in [5.74, 6) is -1.58. The molecule has 2 aromatic rings. The standard InChI is InChI=1S/C34H44FN7O6S/c1-4-30(49)37-19-26-20-42(34(47)48-26)25-9-10-28(27(35)17-25)40-13-15-41(16-14-40)31(44)12-11-29(43)24-7-5-23(6-8-24)18-38-33(46)22(3)39-32(45)21(2)36/h5-10,17,21-22,26H,4,11-16,18-20,36H2,1-3H3,(H,37,49)(H,38,46)(H,39,45)/t21-,22-,26-/m0/s1. The summed E-state index contributed by atoms with van der Waals surface area (Å²) < 4.78 is 20.6. The van der Waals surface area contributed by atoms with Gasteiger partial charge in [0.1, 0.15) is 18.0 Å². The molecule has 0 saturated carbocycles. The van der Waals surface area contributed by atoms with E-state index in [0.717, 1.165) is 5.56 Å². The van der Waals surface area contributed by atoms with E-state index in [1.54, 1.807) is 48.2 Å². The van der Waals surface area contributed by atoms with E-state index < -0.39 is 36.0 Å². The maximum Gasteiger partial charge on any atom is 0.414 e. The molecule has 2 saturated heterocycles. The topological polar surface area (TPSA) is 166 Å². The molecule has 13 nitrogen and oxygen atoms in total. The van der Waals surface area contributed by atoms with Gasteiger partial charge >= 0.3 is 6.09 Å². The van der Waals surface area contributed by atoms with Gasteiger partial charge in [0, 0.05) is 51.1 Å². The Kier molecular flexibility index (Phi) is 13.0. The molecular weight excluding hydrogens is 653 g/mol. The molecule has 5 N–H and O–H groups in total. The molecule has 0 unspecified atom stereocenters. The molecule has 2 aliphatic rings. The molecule has 4 rings (SSSR count). The Morgan fingerprint density at radius 2 is 1.69 bits per heavy atom. The number of nitrogens with zero attached hydrogens (tertiary/aromatic N) is 3. The summed E-state index contributed by atoms with van der Waals surface area (Å²) in [6.45, 7) is 7.52. The lowest BCUT2D eigenvalue weighted by atomic mass is 10.0. The molecule has 0 radical (unpaired) electrons. The van der Waals surface area contributed by atoms with Crippen molar-refractivity contribution in [2.24, 2.45) is 5.73 Å². The molecule has 0 aromatic heterocycles. The number of hydrogen-bond acceptors (Lipinski definition) is 9. The van der Waals surface area contributed by atoms with Gasteiger partial charge in [-0.25, -0.2) is 9.18 Å². The van der Waals surface area contributed by atoms with Crippen molar-refractivity contribution in [2.75, 3.05) is 49.1 Å². The van der Waals surface area contributed by atoms with Gasteiger partial charge < -0.3 is 36.2 Å². The minimum absolute atomic E-state index is 0.0448. The second-order valence-corrected chi connectivity index (χ2v) is 12.6. The first-order chi connectivity index (χ1) is 23.4. The number of rotatable bonds is 14. The van der Waals surface area contributed by atoms with E-state index in [4.69, 9.17) is 22.7 Å². The van der Waals surface area contributed by atoms with Crippen LogP contribution in [0, 0.1) is 5.82 Å². The summed E-state index contributed by atoms with van der Waals surface area (Å²) in [6.07, 6.45) is -0.148. The highest BCUT2D eigenvalue weighted by molar-refractivity contribution is 7.80. The Balaban J connectivity index is 1.19. The summed E-state index contributed by atoms with van der Waals surface area (Å²) >= 11 is 5.16. The van der Waals surface area contributed by atoms with Crippen LogP contribution < -0.4 is 31.5 Å². The average molecular weight is 698 g/mol. The molecule has 49 heavy (non-hydrogen) atoms. The molecule has 0 aliphatic carbocycles. The number of ketones is 1. The second-order valence-electron chi connectivity index (χ2n) is 12.1. The number of nitrogens with one attached hydrogen (secondary N) is 3. The van der Waals surface area contributed by atoms with Crippen LogP contribution in [0.4, 0.5) is 20.6 Å². The molecular formula is C34H44FN7O6S. The number of halogens is 1. The number of hydrogen-bond donors (Lipinski definition) is 4. The molecule has 15 heteroatoms. The van der Waals surface area contributed by atoms with Gasteiger partial charge in [-0.3, -0.25) is 24.1 Å². The fourth-order valence-electron chi connectivity index (χ4n) is 5.39. The number of Topliss-reactive ketones (excluding diaryl/α,β-unsaturated/α-hetero) is 1. The fraction of sp³-hybridized carbons (Fsp3) is 0.471. The minimum atomic E-state index is -0.746. The van der Waals surface area contributed by atoms with Gasteiger partial charge in [0.2, 0.25) is 17.7 Å². The summed E-state index contributed by atoms with van der Waals surface area (Å²) in [5.41, 5.74) is 7.53. The molecule has 3 atom stereocenters. The smallest absolute Gasteiger partial charge is 0.414 e. The number of ether oxygens (including phenoxy) is 1. The maximum atomic E-state index is 15.2. The van der Waals surface area contributed by atoms with Crippen LogP contribution in [0.25, 0.3) is 0 Å². The Labute approximate surface area is 290 Å². The number of thiocarbonyl (C=S) groups is 1. The first-order valence-electron chi connectivity index (χ1n) is 16.4. The highest BCUT2D eigenvalue weighted by atomic mass is 32.1. The Morgan fingerprint density at radius 3 is 2.33 bits per heavy atom. The summed E-state index contributed by atoms with van der Waals surface area (Å²) in [4.78, 5) is 67.7. The SMILES string of the molecule is CCC(=S)NC[C@H]1CN(c2ccc(N3CCN(C(=O)CCC(=O)c4ccc(CNC(=O)[C@H](C)NC(=O)[C@H](C)N)cc4)CC3)c(F)c2)C(=O)O1. The van der Waals surface area contributed by atoms with Gasteiger partial charge in [0.05, 0.1) is 35.5 Å². The fourth-order valence-corrected chi connectivity index (χ4v) is 5.48. The summed E-state index contributed by atoms with van der Waals surface area (Å²) in [7, 11) is 0. The van der Waals surface area contributed by atoms with Crippen LogP contribution >= 0.6 is 12.2 Å². The van der Waals surface area contributed by atoms with Crippen molar-refractivity contribution in [2.45, 2.75) is 64.8 Å². The van der Waals surface area contributed by atoms with Crippen molar-refractivity contribution >= 4 is 58.2 Å². The van der Waals surface area contributed by atoms with Gasteiger partial charge in [-0.15, -0.1) is 0 Å². The van der Waals surface area contributed by atoms with E-state index >= 15 is 4.39 Å². The van der Waals surface area contributed by atoms with E-state index in [1.807, 2.05) is 11.8 Å². The van der Waals surface area contributed by atoms with Gasteiger partial charge in [0.15, 0.2) is 5.78 Å². The summed E-state index contributed by atoms with van der Waals surface area (Å²) in [6, 6.07) is 9.92. The number of cyclic esters (lactones) is 1. The lowest BCUT2D eigenvalue weighted by Gasteiger charge is -2.36. The normalized spacial score (nSPS) is 17.2. The molecule has 264 valence electrons. The number of carbonyl (C=O) groups is 5. The third kappa shape index (κ3) is 10.2. The lowest BCUT2D eigenvalue weighted by Crippen LogP contribution is -2.49.